The largest absolute Gasteiger partial charge is 0.352 e. The Hall–Kier alpha value is -2.31. The molecular formula is C18H18Cl2N4O2. The van der Waals surface area contributed by atoms with Crippen LogP contribution >= 0.6 is 23.2 Å². The third kappa shape index (κ3) is 4.08. The number of anilines is 2. The number of piperazine rings is 1. The van der Waals surface area contributed by atoms with E-state index in [4.69, 9.17) is 23.2 Å². The quantitative estimate of drug-likeness (QED) is 0.868. The number of aromatic nitrogens is 1. The summed E-state index contributed by atoms with van der Waals surface area (Å²) in [5.74, 6) is -0.112. The molecule has 1 aromatic heterocycles. The first-order chi connectivity index (χ1) is 12.5. The first-order valence-electron chi connectivity index (χ1n) is 8.17. The summed E-state index contributed by atoms with van der Waals surface area (Å²) >= 11 is 12.3. The van der Waals surface area contributed by atoms with Crippen LogP contribution in [0.25, 0.3) is 0 Å². The molecule has 1 aliphatic rings. The zero-order valence-electron chi connectivity index (χ0n) is 14.2. The predicted octanol–water partition coefficient (Wildman–Crippen LogP) is 3.44. The molecule has 0 bridgehead atoms. The van der Waals surface area contributed by atoms with E-state index in [2.05, 4.69) is 10.3 Å². The summed E-state index contributed by atoms with van der Waals surface area (Å²) in [6.45, 7) is 3.65. The van der Waals surface area contributed by atoms with Gasteiger partial charge in [0.15, 0.2) is 0 Å². The van der Waals surface area contributed by atoms with Crippen LogP contribution in [-0.2, 0) is 4.79 Å². The fourth-order valence-corrected chi connectivity index (χ4v) is 3.23. The molecule has 6 nitrogen and oxygen atoms in total. The Morgan fingerprint density at radius 2 is 1.62 bits per heavy atom. The number of hydrogen-bond acceptors (Lipinski definition) is 4. The fraction of sp³-hybridized carbons (Fsp3) is 0.278. The van der Waals surface area contributed by atoms with Gasteiger partial charge < -0.3 is 15.1 Å². The minimum Gasteiger partial charge on any atom is -0.352 e. The van der Waals surface area contributed by atoms with Crippen LogP contribution in [-0.4, -0.2) is 52.8 Å². The van der Waals surface area contributed by atoms with Gasteiger partial charge >= 0.3 is 0 Å². The number of hydrogen-bond donors (Lipinski definition) is 1. The molecule has 1 aliphatic heterocycles. The maximum Gasteiger partial charge on any atom is 0.272 e. The lowest BCUT2D eigenvalue weighted by atomic mass is 10.2. The minimum atomic E-state index is -0.143. The van der Waals surface area contributed by atoms with E-state index in [1.807, 2.05) is 0 Å². The molecule has 1 aromatic carbocycles. The van der Waals surface area contributed by atoms with Gasteiger partial charge in [-0.05, 0) is 24.3 Å². The Kier molecular flexibility index (Phi) is 5.64. The highest BCUT2D eigenvalue weighted by atomic mass is 35.5. The lowest BCUT2D eigenvalue weighted by Gasteiger charge is -2.34. The van der Waals surface area contributed by atoms with E-state index in [1.54, 1.807) is 46.3 Å². The van der Waals surface area contributed by atoms with Gasteiger partial charge in [-0.25, -0.2) is 4.98 Å². The maximum atomic E-state index is 12.6. The molecule has 0 atom stereocenters. The Morgan fingerprint density at radius 1 is 1.00 bits per heavy atom. The highest BCUT2D eigenvalue weighted by Crippen LogP contribution is 2.32. The molecular weight excluding hydrogens is 375 g/mol. The lowest BCUT2D eigenvalue weighted by molar-refractivity contribution is -0.130. The summed E-state index contributed by atoms with van der Waals surface area (Å²) < 4.78 is 0. The smallest absolute Gasteiger partial charge is 0.272 e. The molecule has 8 heteroatoms. The van der Waals surface area contributed by atoms with Gasteiger partial charge in [-0.3, -0.25) is 9.59 Å². The van der Waals surface area contributed by atoms with Crippen LogP contribution in [0.3, 0.4) is 0 Å². The highest BCUT2D eigenvalue weighted by Gasteiger charge is 2.23. The monoisotopic (exact) mass is 392 g/mol. The number of amides is 2. The molecule has 1 fully saturated rings. The van der Waals surface area contributed by atoms with E-state index < -0.39 is 0 Å². The van der Waals surface area contributed by atoms with E-state index in [9.17, 15) is 9.59 Å². The van der Waals surface area contributed by atoms with Crippen LogP contribution in [0.15, 0.2) is 36.5 Å². The predicted molar refractivity (Wildman–Crippen MR) is 102 cm³/mol. The van der Waals surface area contributed by atoms with Crippen molar-refractivity contribution in [1.29, 1.82) is 0 Å². The summed E-state index contributed by atoms with van der Waals surface area (Å²) in [5, 5.41) is 4.11. The molecule has 0 spiro atoms. The Morgan fingerprint density at radius 3 is 2.15 bits per heavy atom. The molecule has 0 radical (unpaired) electrons. The molecule has 2 heterocycles. The zero-order chi connectivity index (χ0) is 18.7. The second-order valence-corrected chi connectivity index (χ2v) is 6.77. The summed E-state index contributed by atoms with van der Waals surface area (Å²) in [4.78, 5) is 31.6. The number of carbonyl (C=O) groups excluding carboxylic acids is 2. The maximum absolute atomic E-state index is 12.6. The van der Waals surface area contributed by atoms with Crippen LogP contribution < -0.4 is 5.32 Å². The van der Waals surface area contributed by atoms with Crippen molar-refractivity contribution in [2.24, 2.45) is 0 Å². The van der Waals surface area contributed by atoms with E-state index in [0.717, 1.165) is 0 Å². The van der Waals surface area contributed by atoms with Gasteiger partial charge in [-0.2, -0.15) is 0 Å². The molecule has 0 saturated carbocycles. The second-order valence-electron chi connectivity index (χ2n) is 5.95. The third-order valence-electron chi connectivity index (χ3n) is 4.23. The third-order valence-corrected chi connectivity index (χ3v) is 4.86. The lowest BCUT2D eigenvalue weighted by Crippen LogP contribution is -2.50. The fourth-order valence-electron chi connectivity index (χ4n) is 2.74. The van der Waals surface area contributed by atoms with Gasteiger partial charge in [0.25, 0.3) is 5.91 Å². The van der Waals surface area contributed by atoms with Crippen molar-refractivity contribution < 1.29 is 9.59 Å². The first kappa shape index (κ1) is 18.5. The topological polar surface area (TPSA) is 65.5 Å². The van der Waals surface area contributed by atoms with Crippen LogP contribution in [0.2, 0.25) is 10.0 Å². The van der Waals surface area contributed by atoms with Crippen molar-refractivity contribution in [3.8, 4) is 0 Å². The van der Waals surface area contributed by atoms with E-state index >= 15 is 0 Å². The molecule has 3 rings (SSSR count). The molecule has 26 heavy (non-hydrogen) atoms. The number of rotatable bonds is 3. The number of pyridine rings is 1. The second kappa shape index (κ2) is 7.93. The number of carbonyl (C=O) groups is 2. The normalized spacial score (nSPS) is 14.3. The summed E-state index contributed by atoms with van der Waals surface area (Å²) in [6.07, 6.45) is 1.57. The van der Waals surface area contributed by atoms with Gasteiger partial charge in [0.1, 0.15) is 5.69 Å². The SMILES string of the molecule is CC(=O)N1CCN(C(=O)c2ccc(Nc3c(Cl)cccc3Cl)cn2)CC1. The summed E-state index contributed by atoms with van der Waals surface area (Å²) in [5.41, 5.74) is 1.63. The molecule has 0 unspecified atom stereocenters. The Balaban J connectivity index is 1.66. The van der Waals surface area contributed by atoms with Crippen LogP contribution in [0.1, 0.15) is 17.4 Å². The van der Waals surface area contributed by atoms with Crippen molar-refractivity contribution in [2.45, 2.75) is 6.92 Å². The van der Waals surface area contributed by atoms with Crippen molar-refractivity contribution >= 4 is 46.4 Å². The van der Waals surface area contributed by atoms with Gasteiger partial charge in [-0.15, -0.1) is 0 Å². The van der Waals surface area contributed by atoms with Crippen molar-refractivity contribution in [3.63, 3.8) is 0 Å². The number of halogens is 2. The van der Waals surface area contributed by atoms with E-state index in [1.165, 1.54) is 6.92 Å². The summed E-state index contributed by atoms with van der Waals surface area (Å²) in [6, 6.07) is 8.66. The minimum absolute atomic E-state index is 0.0314. The first-order valence-corrected chi connectivity index (χ1v) is 8.93. The number of benzene rings is 1. The number of para-hydroxylation sites is 1. The van der Waals surface area contributed by atoms with E-state index in [0.29, 0.717) is 53.3 Å². The van der Waals surface area contributed by atoms with E-state index in [-0.39, 0.29) is 11.8 Å². The van der Waals surface area contributed by atoms with Crippen LogP contribution in [0, 0.1) is 0 Å². The molecule has 2 aromatic rings. The molecule has 136 valence electrons. The molecule has 0 aliphatic carbocycles. The average Bonchev–Trinajstić information content (AvgIpc) is 2.65. The average molecular weight is 393 g/mol. The Labute approximate surface area is 161 Å². The van der Waals surface area contributed by atoms with Crippen molar-refractivity contribution in [2.75, 3.05) is 31.5 Å². The zero-order valence-corrected chi connectivity index (χ0v) is 15.7. The Bertz CT molecular complexity index is 798. The van der Waals surface area contributed by atoms with Gasteiger partial charge in [0.2, 0.25) is 5.91 Å². The molecule has 1 N–H and O–H groups in total. The standard InChI is InChI=1S/C18H18Cl2N4O2/c1-12(25)23-7-9-24(10-8-23)18(26)16-6-5-13(11-21-16)22-17-14(19)3-2-4-15(17)20/h2-6,11,22H,7-10H2,1H3. The molecule has 1 saturated heterocycles. The number of nitrogens with one attached hydrogen (secondary N) is 1. The summed E-state index contributed by atoms with van der Waals surface area (Å²) in [7, 11) is 0. The molecule has 2 amide bonds. The van der Waals surface area contributed by atoms with Gasteiger partial charge in [0.05, 0.1) is 27.6 Å². The highest BCUT2D eigenvalue weighted by molar-refractivity contribution is 6.39. The van der Waals surface area contributed by atoms with Crippen molar-refractivity contribution in [1.82, 2.24) is 14.8 Å². The van der Waals surface area contributed by atoms with Crippen molar-refractivity contribution in [3.05, 3.63) is 52.3 Å². The van der Waals surface area contributed by atoms with Crippen LogP contribution in [0.5, 0.6) is 0 Å². The number of nitrogens with zero attached hydrogens (tertiary/aromatic N) is 3. The van der Waals surface area contributed by atoms with Crippen LogP contribution in [0.4, 0.5) is 11.4 Å². The van der Waals surface area contributed by atoms with Gasteiger partial charge in [-0.1, -0.05) is 29.3 Å². The van der Waals surface area contributed by atoms with Gasteiger partial charge in [0, 0.05) is 33.1 Å².